The van der Waals surface area contributed by atoms with Crippen molar-refractivity contribution in [3.8, 4) is 0 Å². The zero-order chi connectivity index (χ0) is 19.0. The first-order chi connectivity index (χ1) is 13.1. The van der Waals surface area contributed by atoms with Crippen LogP contribution in [-0.2, 0) is 4.79 Å². The largest absolute Gasteiger partial charge is 0.463 e. The fraction of sp³-hybridized carbons (Fsp3) is 0.250. The smallest absolute Gasteiger partial charge is 0.237 e. The molecule has 1 amide bonds. The van der Waals surface area contributed by atoms with Crippen LogP contribution in [-0.4, -0.2) is 25.8 Å². The maximum Gasteiger partial charge on any atom is 0.237 e. The Kier molecular flexibility index (Phi) is 4.61. The van der Waals surface area contributed by atoms with Crippen molar-refractivity contribution in [1.82, 2.24) is 14.6 Å². The van der Waals surface area contributed by atoms with Crippen molar-refractivity contribution in [2.45, 2.75) is 37.5 Å². The Labute approximate surface area is 161 Å². The molecule has 6 nitrogen and oxygen atoms in total. The summed E-state index contributed by atoms with van der Waals surface area (Å²) in [4.78, 5) is 12.9. The van der Waals surface area contributed by atoms with Gasteiger partial charge in [-0.2, -0.15) is 0 Å². The van der Waals surface area contributed by atoms with Crippen LogP contribution in [0.3, 0.4) is 0 Å². The second kappa shape index (κ2) is 7.08. The van der Waals surface area contributed by atoms with Gasteiger partial charge in [-0.05, 0) is 31.4 Å². The molecule has 0 aliphatic heterocycles. The van der Waals surface area contributed by atoms with Crippen molar-refractivity contribution in [2.75, 3.05) is 5.32 Å². The van der Waals surface area contributed by atoms with Gasteiger partial charge < -0.3 is 9.73 Å². The van der Waals surface area contributed by atoms with Gasteiger partial charge in [0.15, 0.2) is 5.58 Å². The molecule has 0 saturated heterocycles. The van der Waals surface area contributed by atoms with Crippen LogP contribution in [0.2, 0.25) is 0 Å². The van der Waals surface area contributed by atoms with Crippen LogP contribution in [0.25, 0.3) is 16.6 Å². The van der Waals surface area contributed by atoms with Crippen LogP contribution in [0.15, 0.2) is 52.4 Å². The van der Waals surface area contributed by atoms with Gasteiger partial charge in [0.2, 0.25) is 5.91 Å². The lowest BCUT2D eigenvalue weighted by atomic mass is 10.1. The molecule has 0 saturated carbocycles. The van der Waals surface area contributed by atoms with E-state index in [1.807, 2.05) is 55.5 Å². The predicted octanol–water partition coefficient (Wildman–Crippen LogP) is 4.60. The number of nitrogens with one attached hydrogen (secondary N) is 1. The number of hydrogen-bond donors (Lipinski definition) is 1. The number of anilines is 1. The van der Waals surface area contributed by atoms with Crippen molar-refractivity contribution < 1.29 is 9.21 Å². The lowest BCUT2D eigenvalue weighted by molar-refractivity contribution is -0.115. The van der Waals surface area contributed by atoms with E-state index in [2.05, 4.69) is 15.5 Å². The average Bonchev–Trinajstić information content (AvgIpc) is 3.24. The van der Waals surface area contributed by atoms with Gasteiger partial charge in [-0.3, -0.25) is 9.20 Å². The summed E-state index contributed by atoms with van der Waals surface area (Å²) in [6.45, 7) is 6.00. The highest BCUT2D eigenvalue weighted by Crippen LogP contribution is 2.31. The Bertz CT molecular complexity index is 1110. The highest BCUT2D eigenvalue weighted by atomic mass is 32.2. The summed E-state index contributed by atoms with van der Waals surface area (Å²) in [6.07, 6.45) is 3.99. The molecule has 0 aliphatic carbocycles. The molecule has 0 spiro atoms. The molecule has 0 radical (unpaired) electrons. The van der Waals surface area contributed by atoms with Gasteiger partial charge in [-0.15, -0.1) is 10.2 Å². The number of para-hydroxylation sites is 1. The van der Waals surface area contributed by atoms with Crippen LogP contribution < -0.4 is 5.32 Å². The lowest BCUT2D eigenvalue weighted by Gasteiger charge is -2.17. The summed E-state index contributed by atoms with van der Waals surface area (Å²) in [5, 5.41) is 11.9. The molecule has 4 aromatic rings. The number of benzene rings is 1. The van der Waals surface area contributed by atoms with Crippen molar-refractivity contribution in [1.29, 1.82) is 0 Å². The molecule has 0 bridgehead atoms. The lowest BCUT2D eigenvalue weighted by Crippen LogP contribution is -2.25. The third-order valence-corrected chi connectivity index (χ3v) is 5.99. The number of nitrogens with zero attached hydrogens (tertiary/aromatic N) is 3. The topological polar surface area (TPSA) is 72.4 Å². The molecule has 0 aliphatic rings. The third-order valence-electron chi connectivity index (χ3n) is 4.64. The van der Waals surface area contributed by atoms with E-state index in [0.717, 1.165) is 33.4 Å². The molecular weight excluding hydrogens is 360 g/mol. The predicted molar refractivity (Wildman–Crippen MR) is 107 cm³/mol. The van der Waals surface area contributed by atoms with Crippen LogP contribution >= 0.6 is 11.8 Å². The minimum absolute atomic E-state index is 0.0288. The summed E-state index contributed by atoms with van der Waals surface area (Å²) < 4.78 is 7.41. The standard InChI is InChI=1S/C20H20N4O2S/c1-4-17(19(25)22-18-12(2)6-5-7-13(18)3)27-20-15-10-16-14(8-9-26-16)24(15)11-21-23-20/h5-11,17H,4H2,1-3H3,(H,22,25). The van der Waals surface area contributed by atoms with E-state index >= 15 is 0 Å². The van der Waals surface area contributed by atoms with E-state index in [9.17, 15) is 4.79 Å². The minimum atomic E-state index is -0.272. The van der Waals surface area contributed by atoms with E-state index in [4.69, 9.17) is 4.42 Å². The molecule has 1 atom stereocenters. The van der Waals surface area contributed by atoms with E-state index in [0.29, 0.717) is 11.4 Å². The number of aromatic nitrogens is 3. The van der Waals surface area contributed by atoms with E-state index in [1.165, 1.54) is 11.8 Å². The SMILES string of the molecule is CCC(Sc1nncn2c1cc1occc12)C(=O)Nc1c(C)cccc1C. The number of aryl methyl sites for hydroxylation is 2. The maximum atomic E-state index is 12.9. The molecule has 1 unspecified atom stereocenters. The van der Waals surface area contributed by atoms with E-state index in [-0.39, 0.29) is 11.2 Å². The van der Waals surface area contributed by atoms with Gasteiger partial charge in [0.25, 0.3) is 0 Å². The first kappa shape index (κ1) is 17.6. The Morgan fingerprint density at radius 1 is 1.26 bits per heavy atom. The molecule has 3 aromatic heterocycles. The van der Waals surface area contributed by atoms with Gasteiger partial charge >= 0.3 is 0 Å². The molecule has 7 heteroatoms. The number of carbonyl (C=O) groups excluding carboxylic acids is 1. The van der Waals surface area contributed by atoms with Crippen molar-refractivity contribution in [3.05, 3.63) is 54.0 Å². The van der Waals surface area contributed by atoms with Gasteiger partial charge in [0.1, 0.15) is 11.4 Å². The van der Waals surface area contributed by atoms with Crippen molar-refractivity contribution in [3.63, 3.8) is 0 Å². The highest BCUT2D eigenvalue weighted by Gasteiger charge is 2.22. The van der Waals surface area contributed by atoms with Crippen LogP contribution in [0.5, 0.6) is 0 Å². The van der Waals surface area contributed by atoms with Gasteiger partial charge in [-0.25, -0.2) is 0 Å². The number of furan rings is 1. The summed E-state index contributed by atoms with van der Waals surface area (Å²) >= 11 is 1.43. The number of rotatable bonds is 5. The second-order valence-corrected chi connectivity index (χ2v) is 7.67. The number of thioether (sulfide) groups is 1. The summed E-state index contributed by atoms with van der Waals surface area (Å²) in [5.74, 6) is -0.0288. The first-order valence-corrected chi connectivity index (χ1v) is 9.70. The molecular formula is C20H20N4O2S. The molecule has 3 heterocycles. The van der Waals surface area contributed by atoms with E-state index in [1.54, 1.807) is 12.6 Å². The zero-order valence-electron chi connectivity index (χ0n) is 15.4. The van der Waals surface area contributed by atoms with Crippen molar-refractivity contribution >= 4 is 40.0 Å². The zero-order valence-corrected chi connectivity index (χ0v) is 16.2. The monoisotopic (exact) mass is 380 g/mol. The summed E-state index contributed by atoms with van der Waals surface area (Å²) in [5.41, 5.74) is 5.59. The Morgan fingerprint density at radius 2 is 2.04 bits per heavy atom. The molecule has 27 heavy (non-hydrogen) atoms. The fourth-order valence-corrected chi connectivity index (χ4v) is 4.15. The first-order valence-electron chi connectivity index (χ1n) is 8.82. The van der Waals surface area contributed by atoms with Gasteiger partial charge in [0.05, 0.1) is 22.5 Å². The fourth-order valence-electron chi connectivity index (χ4n) is 3.17. The van der Waals surface area contributed by atoms with Gasteiger partial charge in [-0.1, -0.05) is 36.9 Å². The highest BCUT2D eigenvalue weighted by molar-refractivity contribution is 8.00. The van der Waals surface area contributed by atoms with Crippen molar-refractivity contribution in [2.24, 2.45) is 0 Å². The average molecular weight is 380 g/mol. The Morgan fingerprint density at radius 3 is 2.78 bits per heavy atom. The molecule has 4 rings (SSSR count). The second-order valence-electron chi connectivity index (χ2n) is 6.48. The van der Waals surface area contributed by atoms with Crippen LogP contribution in [0.4, 0.5) is 5.69 Å². The van der Waals surface area contributed by atoms with Gasteiger partial charge in [0, 0.05) is 17.8 Å². The summed E-state index contributed by atoms with van der Waals surface area (Å²) in [7, 11) is 0. The number of carbonyl (C=O) groups is 1. The normalized spacial score (nSPS) is 12.6. The minimum Gasteiger partial charge on any atom is -0.463 e. The van der Waals surface area contributed by atoms with E-state index < -0.39 is 0 Å². The maximum absolute atomic E-state index is 12.9. The Hall–Kier alpha value is -2.80. The molecule has 1 N–H and O–H groups in total. The Balaban J connectivity index is 1.62. The summed E-state index contributed by atoms with van der Waals surface area (Å²) in [6, 6.07) is 9.81. The van der Waals surface area contributed by atoms with Crippen LogP contribution in [0.1, 0.15) is 24.5 Å². The molecule has 1 aromatic carbocycles. The number of amides is 1. The van der Waals surface area contributed by atoms with Crippen LogP contribution in [0, 0.1) is 13.8 Å². The quantitative estimate of drug-likeness (QED) is 0.512. The molecule has 138 valence electrons. The number of hydrogen-bond acceptors (Lipinski definition) is 5. The molecule has 0 fully saturated rings. The third kappa shape index (κ3) is 3.19. The number of fused-ring (bicyclic) bond motifs is 3.